The Balaban J connectivity index is 1.95. The van der Waals surface area contributed by atoms with Gasteiger partial charge in [0.2, 0.25) is 0 Å². The van der Waals surface area contributed by atoms with Crippen LogP contribution < -0.4 is 5.32 Å². The Morgan fingerprint density at radius 1 is 1.56 bits per heavy atom. The quantitative estimate of drug-likeness (QED) is 0.869. The fourth-order valence-electron chi connectivity index (χ4n) is 2.29. The lowest BCUT2D eigenvalue weighted by Crippen LogP contribution is -2.34. The summed E-state index contributed by atoms with van der Waals surface area (Å²) in [5.41, 5.74) is 0.696. The number of halogens is 1. The maximum atomic E-state index is 12.2. The largest absolute Gasteiger partial charge is 0.460 e. The molecule has 2 rings (SSSR count). The number of hydrogen-bond donors (Lipinski definition) is 1. The highest BCUT2D eigenvalue weighted by Crippen LogP contribution is 2.31. The molecule has 0 aromatic heterocycles. The van der Waals surface area contributed by atoms with E-state index in [4.69, 9.17) is 4.74 Å². The maximum Gasteiger partial charge on any atom is 0.313 e. The van der Waals surface area contributed by atoms with E-state index in [1.165, 1.54) is 0 Å². The van der Waals surface area contributed by atoms with Crippen LogP contribution in [0.4, 0.5) is 0 Å². The summed E-state index contributed by atoms with van der Waals surface area (Å²) in [6.07, 6.45) is 1.71. The van der Waals surface area contributed by atoms with Crippen molar-refractivity contribution >= 4 is 21.9 Å². The standard InChI is InChI=1S/C14H18BrNO2/c1-2-14(6-7-16-10-14)13(17)18-9-11-4-3-5-12(15)8-11/h3-5,8,16H,2,6-7,9-10H2,1H3. The van der Waals surface area contributed by atoms with E-state index in [0.29, 0.717) is 6.61 Å². The van der Waals surface area contributed by atoms with E-state index >= 15 is 0 Å². The van der Waals surface area contributed by atoms with Crippen molar-refractivity contribution in [2.75, 3.05) is 13.1 Å². The summed E-state index contributed by atoms with van der Waals surface area (Å²) in [5.74, 6) is -0.0741. The van der Waals surface area contributed by atoms with Crippen LogP contribution in [-0.4, -0.2) is 19.1 Å². The molecule has 1 heterocycles. The molecule has 0 bridgehead atoms. The van der Waals surface area contributed by atoms with Crippen molar-refractivity contribution in [1.82, 2.24) is 5.32 Å². The Hall–Kier alpha value is -0.870. The highest BCUT2D eigenvalue weighted by molar-refractivity contribution is 9.10. The molecule has 0 aliphatic carbocycles. The van der Waals surface area contributed by atoms with Gasteiger partial charge in [-0.2, -0.15) is 0 Å². The molecule has 98 valence electrons. The first-order valence-corrected chi connectivity index (χ1v) is 7.08. The van der Waals surface area contributed by atoms with Crippen LogP contribution in [-0.2, 0) is 16.1 Å². The molecule has 4 heteroatoms. The van der Waals surface area contributed by atoms with Crippen molar-refractivity contribution in [3.05, 3.63) is 34.3 Å². The molecule has 1 fully saturated rings. The molecule has 3 nitrogen and oxygen atoms in total. The first kappa shape index (κ1) is 13.6. The Labute approximate surface area is 116 Å². The average molecular weight is 312 g/mol. The zero-order valence-corrected chi connectivity index (χ0v) is 12.1. The van der Waals surface area contributed by atoms with E-state index < -0.39 is 0 Å². The van der Waals surface area contributed by atoms with Gasteiger partial charge < -0.3 is 10.1 Å². The monoisotopic (exact) mass is 311 g/mol. The molecule has 1 atom stereocenters. The lowest BCUT2D eigenvalue weighted by Gasteiger charge is -2.24. The molecule has 0 amide bonds. The molecule has 18 heavy (non-hydrogen) atoms. The van der Waals surface area contributed by atoms with E-state index in [0.717, 1.165) is 36.0 Å². The van der Waals surface area contributed by atoms with Crippen LogP contribution in [0.5, 0.6) is 0 Å². The second kappa shape index (κ2) is 5.85. The van der Waals surface area contributed by atoms with Gasteiger partial charge in [-0.3, -0.25) is 4.79 Å². The molecule has 1 N–H and O–H groups in total. The van der Waals surface area contributed by atoms with Gasteiger partial charge in [-0.25, -0.2) is 0 Å². The first-order chi connectivity index (χ1) is 8.66. The molecule has 0 spiro atoms. The number of hydrogen-bond acceptors (Lipinski definition) is 3. The van der Waals surface area contributed by atoms with Gasteiger partial charge in [-0.05, 0) is 37.1 Å². The van der Waals surface area contributed by atoms with Crippen LogP contribution in [0.3, 0.4) is 0 Å². The van der Waals surface area contributed by atoms with Crippen molar-refractivity contribution in [2.45, 2.75) is 26.4 Å². The zero-order chi connectivity index (χ0) is 13.0. The number of carbonyl (C=O) groups is 1. The summed E-state index contributed by atoms with van der Waals surface area (Å²) >= 11 is 3.41. The van der Waals surface area contributed by atoms with Gasteiger partial charge >= 0.3 is 5.97 Å². The number of ether oxygens (including phenoxy) is 1. The lowest BCUT2D eigenvalue weighted by atomic mass is 9.84. The van der Waals surface area contributed by atoms with E-state index in [2.05, 4.69) is 21.2 Å². The minimum absolute atomic E-state index is 0.0741. The van der Waals surface area contributed by atoms with Gasteiger partial charge in [-0.1, -0.05) is 35.0 Å². The van der Waals surface area contributed by atoms with Gasteiger partial charge in [0, 0.05) is 11.0 Å². The Morgan fingerprint density at radius 2 is 2.39 bits per heavy atom. The molecular formula is C14H18BrNO2. The first-order valence-electron chi connectivity index (χ1n) is 6.29. The summed E-state index contributed by atoms with van der Waals surface area (Å²) in [6, 6.07) is 7.84. The van der Waals surface area contributed by atoms with E-state index in [1.807, 2.05) is 31.2 Å². The third-order valence-corrected chi connectivity index (χ3v) is 4.11. The molecule has 1 aliphatic rings. The highest BCUT2D eigenvalue weighted by atomic mass is 79.9. The van der Waals surface area contributed by atoms with Crippen LogP contribution in [0, 0.1) is 5.41 Å². The lowest BCUT2D eigenvalue weighted by molar-refractivity contribution is -0.156. The van der Waals surface area contributed by atoms with Crippen molar-refractivity contribution in [1.29, 1.82) is 0 Å². The summed E-state index contributed by atoms with van der Waals surface area (Å²) in [4.78, 5) is 12.2. The van der Waals surface area contributed by atoms with Crippen molar-refractivity contribution in [2.24, 2.45) is 5.41 Å². The third kappa shape index (κ3) is 2.93. The van der Waals surface area contributed by atoms with Crippen LogP contribution in [0.1, 0.15) is 25.3 Å². The topological polar surface area (TPSA) is 38.3 Å². The van der Waals surface area contributed by atoms with Crippen LogP contribution in [0.2, 0.25) is 0 Å². The number of nitrogens with one attached hydrogen (secondary N) is 1. The highest BCUT2D eigenvalue weighted by Gasteiger charge is 2.40. The van der Waals surface area contributed by atoms with E-state index in [-0.39, 0.29) is 11.4 Å². The van der Waals surface area contributed by atoms with Crippen molar-refractivity contribution in [3.8, 4) is 0 Å². The van der Waals surface area contributed by atoms with Crippen molar-refractivity contribution < 1.29 is 9.53 Å². The fraction of sp³-hybridized carbons (Fsp3) is 0.500. The molecule has 1 unspecified atom stereocenters. The normalized spacial score (nSPS) is 23.0. The molecule has 1 aromatic rings. The molecule has 0 radical (unpaired) electrons. The summed E-state index contributed by atoms with van der Waals surface area (Å²) in [7, 11) is 0. The van der Waals surface area contributed by atoms with Gasteiger partial charge in [0.05, 0.1) is 5.41 Å². The third-order valence-electron chi connectivity index (χ3n) is 3.61. The smallest absolute Gasteiger partial charge is 0.313 e. The van der Waals surface area contributed by atoms with E-state index in [1.54, 1.807) is 0 Å². The molecule has 1 aromatic carbocycles. The minimum Gasteiger partial charge on any atom is -0.460 e. The average Bonchev–Trinajstić information content (AvgIpc) is 2.86. The predicted molar refractivity (Wildman–Crippen MR) is 74.1 cm³/mol. The van der Waals surface area contributed by atoms with Crippen molar-refractivity contribution in [3.63, 3.8) is 0 Å². The maximum absolute atomic E-state index is 12.2. The summed E-state index contributed by atoms with van der Waals surface area (Å²) < 4.78 is 6.46. The van der Waals surface area contributed by atoms with Crippen LogP contribution in [0.25, 0.3) is 0 Å². The molecular weight excluding hydrogens is 294 g/mol. The van der Waals surface area contributed by atoms with Crippen LogP contribution in [0.15, 0.2) is 28.7 Å². The van der Waals surface area contributed by atoms with Gasteiger partial charge in [0.1, 0.15) is 6.61 Å². The summed E-state index contributed by atoms with van der Waals surface area (Å²) in [5, 5.41) is 3.24. The minimum atomic E-state index is -0.313. The zero-order valence-electron chi connectivity index (χ0n) is 10.5. The van der Waals surface area contributed by atoms with Gasteiger partial charge in [0.15, 0.2) is 0 Å². The Kier molecular flexibility index (Phi) is 4.40. The number of benzene rings is 1. The second-order valence-electron chi connectivity index (χ2n) is 4.77. The predicted octanol–water partition coefficient (Wildman–Crippen LogP) is 2.88. The Morgan fingerprint density at radius 3 is 3.00 bits per heavy atom. The SMILES string of the molecule is CCC1(C(=O)OCc2cccc(Br)c2)CCNC1. The van der Waals surface area contributed by atoms with Crippen LogP contribution >= 0.6 is 15.9 Å². The number of rotatable bonds is 4. The van der Waals surface area contributed by atoms with E-state index in [9.17, 15) is 4.79 Å². The Bertz CT molecular complexity index is 428. The molecule has 0 saturated carbocycles. The molecule has 1 aliphatic heterocycles. The molecule has 1 saturated heterocycles. The number of esters is 1. The number of carbonyl (C=O) groups excluding carboxylic acids is 1. The summed E-state index contributed by atoms with van der Waals surface area (Å²) in [6.45, 7) is 4.04. The van der Waals surface area contributed by atoms with Gasteiger partial charge in [-0.15, -0.1) is 0 Å². The fourth-order valence-corrected chi connectivity index (χ4v) is 2.74. The van der Waals surface area contributed by atoms with Gasteiger partial charge in [0.25, 0.3) is 0 Å². The second-order valence-corrected chi connectivity index (χ2v) is 5.68.